The Bertz CT molecular complexity index is 1200. The number of carbonyl (C=O) groups excluding carboxylic acids is 2. The summed E-state index contributed by atoms with van der Waals surface area (Å²) in [5, 5.41) is 4.73. The maximum absolute atomic E-state index is 12.5. The maximum Gasteiger partial charge on any atom is 0.294 e. The van der Waals surface area contributed by atoms with Crippen LogP contribution < -0.4 is 21.0 Å². The summed E-state index contributed by atoms with van der Waals surface area (Å²) in [7, 11) is 0. The van der Waals surface area contributed by atoms with E-state index in [0.29, 0.717) is 22.2 Å². The minimum atomic E-state index is -0.916. The Morgan fingerprint density at radius 3 is 2.28 bits per heavy atom. The third-order valence-corrected chi connectivity index (χ3v) is 4.93. The molecule has 1 heterocycles. The number of carbonyl (C=O) groups is 2. The van der Waals surface area contributed by atoms with E-state index in [1.165, 1.54) is 10.7 Å². The summed E-state index contributed by atoms with van der Waals surface area (Å²) >= 11 is 6.02. The molecule has 0 spiro atoms. The number of aromatic nitrogens is 2. The van der Waals surface area contributed by atoms with Crippen LogP contribution in [-0.4, -0.2) is 27.7 Å². The number of ether oxygens (including phenoxy) is 1. The fourth-order valence-electron chi connectivity index (χ4n) is 3.13. The van der Waals surface area contributed by atoms with E-state index in [-0.39, 0.29) is 5.69 Å². The maximum atomic E-state index is 12.5. The first-order valence-corrected chi connectivity index (χ1v) is 10.2. The molecule has 0 fully saturated rings. The molecule has 0 bridgehead atoms. The smallest absolute Gasteiger partial charge is 0.294 e. The van der Waals surface area contributed by atoms with Gasteiger partial charge >= 0.3 is 0 Å². The van der Waals surface area contributed by atoms with Gasteiger partial charge in [0.15, 0.2) is 11.8 Å². The number of rotatable bonds is 5. The highest BCUT2D eigenvalue weighted by Crippen LogP contribution is 2.27. The Balaban J connectivity index is 1.70. The number of para-hydroxylation sites is 1. The molecule has 1 aromatic heterocycles. The van der Waals surface area contributed by atoms with E-state index in [1.807, 2.05) is 32.0 Å². The lowest BCUT2D eigenvalue weighted by Crippen LogP contribution is -2.48. The number of hydrogen-bond acceptors (Lipinski definition) is 5. The third kappa shape index (κ3) is 5.15. The van der Waals surface area contributed by atoms with Crippen LogP contribution in [0.4, 0.5) is 0 Å². The van der Waals surface area contributed by atoms with Crippen molar-refractivity contribution in [3.8, 4) is 11.4 Å². The first-order chi connectivity index (χ1) is 15.2. The van der Waals surface area contributed by atoms with Gasteiger partial charge in [0.1, 0.15) is 5.75 Å². The Hall–Kier alpha value is -3.65. The molecule has 32 heavy (non-hydrogen) atoms. The lowest BCUT2D eigenvalue weighted by Gasteiger charge is -2.18. The van der Waals surface area contributed by atoms with E-state index in [1.54, 1.807) is 38.1 Å². The average Bonchev–Trinajstić information content (AvgIpc) is 2.74. The summed E-state index contributed by atoms with van der Waals surface area (Å²) in [4.78, 5) is 37.3. The summed E-state index contributed by atoms with van der Waals surface area (Å²) in [5.41, 5.74) is 6.42. The van der Waals surface area contributed by atoms with Gasteiger partial charge in [0.25, 0.3) is 11.8 Å². The minimum Gasteiger partial charge on any atom is -0.480 e. The zero-order chi connectivity index (χ0) is 23.4. The van der Waals surface area contributed by atoms with Crippen molar-refractivity contribution in [2.75, 3.05) is 0 Å². The highest BCUT2D eigenvalue weighted by Gasteiger charge is 2.20. The second-order valence-electron chi connectivity index (χ2n) is 7.32. The van der Waals surface area contributed by atoms with Crippen molar-refractivity contribution in [2.24, 2.45) is 0 Å². The molecule has 9 heteroatoms. The molecule has 0 aliphatic heterocycles. The van der Waals surface area contributed by atoms with Gasteiger partial charge in [-0.25, -0.2) is 4.68 Å². The van der Waals surface area contributed by atoms with Gasteiger partial charge in [0, 0.05) is 16.8 Å². The summed E-state index contributed by atoms with van der Waals surface area (Å²) in [6.07, 6.45) is -0.916. The van der Waals surface area contributed by atoms with Crippen LogP contribution in [0.25, 0.3) is 5.69 Å². The number of benzene rings is 2. The quantitative estimate of drug-likeness (QED) is 0.577. The second kappa shape index (κ2) is 9.65. The van der Waals surface area contributed by atoms with E-state index in [9.17, 15) is 14.4 Å². The van der Waals surface area contributed by atoms with Crippen molar-refractivity contribution in [1.29, 1.82) is 0 Å². The molecule has 0 saturated carbocycles. The van der Waals surface area contributed by atoms with Crippen molar-refractivity contribution >= 4 is 23.4 Å². The monoisotopic (exact) mass is 454 g/mol. The summed E-state index contributed by atoms with van der Waals surface area (Å²) < 4.78 is 7.23. The van der Waals surface area contributed by atoms with Crippen LogP contribution in [-0.2, 0) is 4.79 Å². The van der Waals surface area contributed by atoms with Gasteiger partial charge in [0.05, 0.1) is 5.69 Å². The zero-order valence-electron chi connectivity index (χ0n) is 18.1. The lowest BCUT2D eigenvalue weighted by molar-refractivity contribution is -0.128. The molecule has 0 aliphatic rings. The largest absolute Gasteiger partial charge is 0.480 e. The molecule has 166 valence electrons. The van der Waals surface area contributed by atoms with Crippen LogP contribution >= 0.6 is 11.6 Å². The Morgan fingerprint density at radius 1 is 1.03 bits per heavy atom. The molecular formula is C23H23ClN4O4. The number of aryl methyl sites for hydroxylation is 3. The Labute approximate surface area is 190 Å². The SMILES string of the molecule is Cc1cc(Cl)cc(C)c1O[C@H](C)C(=O)NNC(=O)c1nn(-c2ccccc2)c(C)cc1=O. The molecule has 2 aromatic carbocycles. The van der Waals surface area contributed by atoms with E-state index in [4.69, 9.17) is 16.3 Å². The molecule has 2 N–H and O–H groups in total. The molecular weight excluding hydrogens is 432 g/mol. The summed E-state index contributed by atoms with van der Waals surface area (Å²) in [6.45, 7) is 6.90. The Kier molecular flexibility index (Phi) is 6.95. The molecule has 8 nitrogen and oxygen atoms in total. The number of hydrazine groups is 1. The van der Waals surface area contributed by atoms with Crippen molar-refractivity contribution in [2.45, 2.75) is 33.8 Å². The van der Waals surface area contributed by atoms with Crippen LogP contribution in [0.1, 0.15) is 34.2 Å². The van der Waals surface area contributed by atoms with Crippen LogP contribution in [0.2, 0.25) is 5.02 Å². The first kappa shape index (κ1) is 23.0. The van der Waals surface area contributed by atoms with Crippen LogP contribution in [0.3, 0.4) is 0 Å². The van der Waals surface area contributed by atoms with Gasteiger partial charge < -0.3 is 4.74 Å². The van der Waals surface area contributed by atoms with E-state index in [0.717, 1.165) is 11.1 Å². The second-order valence-corrected chi connectivity index (χ2v) is 7.75. The topological polar surface area (TPSA) is 102 Å². The van der Waals surface area contributed by atoms with E-state index in [2.05, 4.69) is 16.0 Å². The zero-order valence-corrected chi connectivity index (χ0v) is 18.9. The fourth-order valence-corrected chi connectivity index (χ4v) is 3.46. The third-order valence-electron chi connectivity index (χ3n) is 4.71. The summed E-state index contributed by atoms with van der Waals surface area (Å²) in [5.74, 6) is -0.893. The Morgan fingerprint density at radius 2 is 1.66 bits per heavy atom. The number of halogens is 1. The molecule has 0 unspecified atom stereocenters. The van der Waals surface area contributed by atoms with Crippen molar-refractivity contribution < 1.29 is 14.3 Å². The standard InChI is InChI=1S/C23H23ClN4O4/c1-13-10-17(24)11-14(2)21(13)32-16(4)22(30)25-26-23(31)20-19(29)12-15(3)28(27-20)18-8-6-5-7-9-18/h5-12,16H,1-4H3,(H,25,30)(H,26,31)/t16-/m1/s1. The van der Waals surface area contributed by atoms with E-state index < -0.39 is 23.3 Å². The van der Waals surface area contributed by atoms with E-state index >= 15 is 0 Å². The molecule has 2 amide bonds. The van der Waals surface area contributed by atoms with Crippen molar-refractivity contribution in [1.82, 2.24) is 20.6 Å². The number of amides is 2. The number of nitrogens with one attached hydrogen (secondary N) is 2. The van der Waals surface area contributed by atoms with Crippen LogP contribution in [0, 0.1) is 20.8 Å². The van der Waals surface area contributed by atoms with Crippen molar-refractivity contribution in [3.05, 3.63) is 86.3 Å². The van der Waals surface area contributed by atoms with Crippen LogP contribution in [0.5, 0.6) is 5.75 Å². The highest BCUT2D eigenvalue weighted by atomic mass is 35.5. The van der Waals surface area contributed by atoms with Gasteiger partial charge in [0.2, 0.25) is 5.43 Å². The van der Waals surface area contributed by atoms with Crippen molar-refractivity contribution in [3.63, 3.8) is 0 Å². The normalized spacial score (nSPS) is 11.5. The predicted octanol–water partition coefficient (Wildman–Crippen LogP) is 3.04. The van der Waals surface area contributed by atoms with Gasteiger partial charge in [-0.1, -0.05) is 29.8 Å². The first-order valence-electron chi connectivity index (χ1n) is 9.87. The molecule has 0 radical (unpaired) electrons. The van der Waals surface area contributed by atoms with Gasteiger partial charge in [-0.2, -0.15) is 5.10 Å². The molecule has 1 atom stereocenters. The molecule has 3 aromatic rings. The number of hydrogen-bond donors (Lipinski definition) is 2. The lowest BCUT2D eigenvalue weighted by atomic mass is 10.1. The highest BCUT2D eigenvalue weighted by molar-refractivity contribution is 6.30. The summed E-state index contributed by atoms with van der Waals surface area (Å²) in [6, 6.07) is 13.9. The predicted molar refractivity (Wildman–Crippen MR) is 121 cm³/mol. The molecule has 0 aliphatic carbocycles. The molecule has 0 saturated heterocycles. The van der Waals surface area contributed by atoms with Gasteiger partial charge in [-0.15, -0.1) is 0 Å². The van der Waals surface area contributed by atoms with Crippen LogP contribution in [0.15, 0.2) is 53.3 Å². The minimum absolute atomic E-state index is 0.349. The van der Waals surface area contributed by atoms with Gasteiger partial charge in [-0.05, 0) is 63.1 Å². The fraction of sp³-hybridized carbons (Fsp3) is 0.217. The molecule has 3 rings (SSSR count). The van der Waals surface area contributed by atoms with Gasteiger partial charge in [-0.3, -0.25) is 25.2 Å². The average molecular weight is 455 g/mol. The number of nitrogens with zero attached hydrogens (tertiary/aromatic N) is 2.